The zero-order valence-corrected chi connectivity index (χ0v) is 12.8. The molecule has 1 aromatic rings. The van der Waals surface area contributed by atoms with Crippen LogP contribution in [0, 0.1) is 0 Å². The van der Waals surface area contributed by atoms with Crippen LogP contribution in [0.25, 0.3) is 0 Å². The van der Waals surface area contributed by atoms with Gasteiger partial charge in [0.1, 0.15) is 0 Å². The predicted molar refractivity (Wildman–Crippen MR) is 80.9 cm³/mol. The first-order valence-electron chi connectivity index (χ1n) is 7.58. The number of esters is 2. The summed E-state index contributed by atoms with van der Waals surface area (Å²) in [5.41, 5.74) is 0.612. The Labute approximate surface area is 126 Å². The zero-order valence-electron chi connectivity index (χ0n) is 12.8. The maximum absolute atomic E-state index is 12.2. The smallest absolute Gasteiger partial charge is 0.324 e. The van der Waals surface area contributed by atoms with Crippen molar-refractivity contribution in [2.24, 2.45) is 0 Å². The van der Waals surface area contributed by atoms with Gasteiger partial charge in [-0.25, -0.2) is 0 Å². The first-order chi connectivity index (χ1) is 10.2. The minimum Gasteiger partial charge on any atom is -0.465 e. The number of hydrogen-bond donors (Lipinski definition) is 0. The molecule has 0 saturated carbocycles. The predicted octanol–water partition coefficient (Wildman–Crippen LogP) is 3.46. The highest BCUT2D eigenvalue weighted by atomic mass is 16.6. The molecule has 0 atom stereocenters. The van der Waals surface area contributed by atoms with Crippen molar-refractivity contribution >= 4 is 11.9 Å². The Morgan fingerprint density at radius 2 is 1.38 bits per heavy atom. The molecule has 0 heterocycles. The van der Waals surface area contributed by atoms with E-state index >= 15 is 0 Å². The minimum absolute atomic E-state index is 0.334. The van der Waals surface area contributed by atoms with Gasteiger partial charge in [0.25, 0.3) is 0 Å². The average molecular weight is 292 g/mol. The van der Waals surface area contributed by atoms with Crippen LogP contribution < -0.4 is 0 Å². The van der Waals surface area contributed by atoms with Crippen molar-refractivity contribution in [1.29, 1.82) is 0 Å². The van der Waals surface area contributed by atoms with Gasteiger partial charge in [-0.3, -0.25) is 9.59 Å². The van der Waals surface area contributed by atoms with E-state index in [2.05, 4.69) is 0 Å². The lowest BCUT2D eigenvalue weighted by Crippen LogP contribution is -2.26. The molecule has 0 fully saturated rings. The second kappa shape index (κ2) is 9.97. The van der Waals surface area contributed by atoms with E-state index in [-0.39, 0.29) is 0 Å². The molecule has 0 aliphatic rings. The van der Waals surface area contributed by atoms with E-state index in [9.17, 15) is 9.59 Å². The first kappa shape index (κ1) is 17.2. The van der Waals surface area contributed by atoms with Gasteiger partial charge in [-0.15, -0.1) is 0 Å². The van der Waals surface area contributed by atoms with Crippen LogP contribution in [-0.2, 0) is 19.1 Å². The molecule has 1 aromatic carbocycles. The van der Waals surface area contributed by atoms with Gasteiger partial charge in [0.05, 0.1) is 13.2 Å². The van der Waals surface area contributed by atoms with E-state index in [1.165, 1.54) is 0 Å². The van der Waals surface area contributed by atoms with Crippen LogP contribution in [0.2, 0.25) is 0 Å². The molecular weight excluding hydrogens is 268 g/mol. The lowest BCUT2D eigenvalue weighted by atomic mass is 9.99. The van der Waals surface area contributed by atoms with Gasteiger partial charge in [-0.05, 0) is 18.4 Å². The number of ether oxygens (including phenoxy) is 2. The molecule has 0 saturated heterocycles. The maximum Gasteiger partial charge on any atom is 0.324 e. The third-order valence-corrected chi connectivity index (χ3v) is 3.09. The summed E-state index contributed by atoms with van der Waals surface area (Å²) in [4.78, 5) is 24.3. The summed E-state index contributed by atoms with van der Waals surface area (Å²) in [6, 6.07) is 8.91. The van der Waals surface area contributed by atoms with Gasteiger partial charge in [-0.2, -0.15) is 0 Å². The largest absolute Gasteiger partial charge is 0.465 e. The van der Waals surface area contributed by atoms with Crippen LogP contribution in [0.4, 0.5) is 0 Å². The Bertz CT molecular complexity index is 406. The quantitative estimate of drug-likeness (QED) is 0.397. The van der Waals surface area contributed by atoms with Crippen LogP contribution in [-0.4, -0.2) is 25.2 Å². The lowest BCUT2D eigenvalue weighted by Gasteiger charge is -2.15. The van der Waals surface area contributed by atoms with Crippen molar-refractivity contribution in [3.05, 3.63) is 35.9 Å². The Balaban J connectivity index is 2.75. The van der Waals surface area contributed by atoms with Gasteiger partial charge >= 0.3 is 11.9 Å². The summed E-state index contributed by atoms with van der Waals surface area (Å²) in [6.07, 6.45) is 3.45. The maximum atomic E-state index is 12.2. The van der Waals surface area contributed by atoms with Crippen LogP contribution in [0.5, 0.6) is 0 Å². The number of unbranched alkanes of at least 4 members (excludes halogenated alkanes) is 2. The molecule has 0 aromatic heterocycles. The average Bonchev–Trinajstić information content (AvgIpc) is 2.49. The number of rotatable bonds is 9. The molecule has 1 rings (SSSR count). The Hall–Kier alpha value is -1.84. The summed E-state index contributed by atoms with van der Waals surface area (Å²) in [5, 5.41) is 0. The van der Waals surface area contributed by atoms with E-state index in [0.717, 1.165) is 25.7 Å². The second-order valence-electron chi connectivity index (χ2n) is 4.89. The molecule has 0 aliphatic heterocycles. The van der Waals surface area contributed by atoms with Crippen molar-refractivity contribution in [3.8, 4) is 0 Å². The molecule has 116 valence electrons. The van der Waals surface area contributed by atoms with E-state index in [0.29, 0.717) is 18.8 Å². The number of carbonyl (C=O) groups excluding carboxylic acids is 2. The van der Waals surface area contributed by atoms with Gasteiger partial charge < -0.3 is 9.47 Å². The summed E-state index contributed by atoms with van der Waals surface area (Å²) in [5.74, 6) is -2.05. The molecule has 4 nitrogen and oxygen atoms in total. The molecule has 0 unspecified atom stereocenters. The highest BCUT2D eigenvalue weighted by Gasteiger charge is 2.31. The summed E-state index contributed by atoms with van der Waals surface area (Å²) >= 11 is 0. The van der Waals surface area contributed by atoms with Crippen molar-refractivity contribution in [2.45, 2.75) is 45.4 Å². The Morgan fingerprint density at radius 1 is 0.905 bits per heavy atom. The minimum atomic E-state index is -0.986. The third-order valence-electron chi connectivity index (χ3n) is 3.09. The fraction of sp³-hybridized carbons (Fsp3) is 0.529. The highest BCUT2D eigenvalue weighted by molar-refractivity contribution is 6.00. The highest BCUT2D eigenvalue weighted by Crippen LogP contribution is 2.19. The van der Waals surface area contributed by atoms with Crippen LogP contribution in [0.1, 0.15) is 51.0 Å². The molecule has 0 N–H and O–H groups in total. The van der Waals surface area contributed by atoms with Crippen LogP contribution in [0.15, 0.2) is 30.3 Å². The standard InChI is InChI=1S/C17H24O4/c1-3-5-12-20-16(18)15(14-10-8-7-9-11-14)17(19)21-13-6-4-2/h7-11,15H,3-6,12-13H2,1-2H3. The third kappa shape index (κ3) is 5.98. The van der Waals surface area contributed by atoms with Gasteiger partial charge in [0.15, 0.2) is 5.92 Å². The molecule has 21 heavy (non-hydrogen) atoms. The van der Waals surface area contributed by atoms with Crippen molar-refractivity contribution in [3.63, 3.8) is 0 Å². The molecule has 0 spiro atoms. The van der Waals surface area contributed by atoms with Crippen LogP contribution >= 0.6 is 0 Å². The summed E-state index contributed by atoms with van der Waals surface area (Å²) in [6.45, 7) is 4.70. The number of hydrogen-bond acceptors (Lipinski definition) is 4. The summed E-state index contributed by atoms with van der Waals surface area (Å²) < 4.78 is 10.4. The van der Waals surface area contributed by atoms with Crippen molar-refractivity contribution in [1.82, 2.24) is 0 Å². The zero-order chi connectivity index (χ0) is 15.5. The van der Waals surface area contributed by atoms with Gasteiger partial charge in [-0.1, -0.05) is 57.0 Å². The van der Waals surface area contributed by atoms with E-state index < -0.39 is 17.9 Å². The van der Waals surface area contributed by atoms with Gasteiger partial charge in [0.2, 0.25) is 0 Å². The number of benzene rings is 1. The normalized spacial score (nSPS) is 10.4. The second-order valence-corrected chi connectivity index (χ2v) is 4.89. The van der Waals surface area contributed by atoms with E-state index in [1.807, 2.05) is 19.9 Å². The SMILES string of the molecule is CCCCOC(=O)C(C(=O)OCCCC)c1ccccc1. The van der Waals surface area contributed by atoms with E-state index in [4.69, 9.17) is 9.47 Å². The lowest BCUT2D eigenvalue weighted by molar-refractivity contribution is -0.157. The van der Waals surface area contributed by atoms with E-state index in [1.54, 1.807) is 24.3 Å². The molecule has 0 radical (unpaired) electrons. The Morgan fingerprint density at radius 3 is 1.81 bits per heavy atom. The molecule has 0 bridgehead atoms. The van der Waals surface area contributed by atoms with Crippen molar-refractivity contribution in [2.75, 3.05) is 13.2 Å². The van der Waals surface area contributed by atoms with Crippen molar-refractivity contribution < 1.29 is 19.1 Å². The first-order valence-corrected chi connectivity index (χ1v) is 7.58. The topological polar surface area (TPSA) is 52.6 Å². The fourth-order valence-electron chi connectivity index (χ4n) is 1.81. The molecule has 0 amide bonds. The fourth-order valence-corrected chi connectivity index (χ4v) is 1.81. The molecular formula is C17H24O4. The summed E-state index contributed by atoms with van der Waals surface area (Å²) in [7, 11) is 0. The van der Waals surface area contributed by atoms with Crippen LogP contribution in [0.3, 0.4) is 0 Å². The molecule has 4 heteroatoms. The van der Waals surface area contributed by atoms with Gasteiger partial charge in [0, 0.05) is 0 Å². The Kier molecular flexibility index (Phi) is 8.17. The monoisotopic (exact) mass is 292 g/mol. The number of carbonyl (C=O) groups is 2. The molecule has 0 aliphatic carbocycles.